The minimum Gasteiger partial charge on any atom is -0.381 e. The molecule has 0 spiro atoms. The van der Waals surface area contributed by atoms with Crippen molar-refractivity contribution in [3.05, 3.63) is 47.5 Å². The number of aromatic nitrogens is 2. The predicted octanol–water partition coefficient (Wildman–Crippen LogP) is 4.06. The molecule has 1 aliphatic heterocycles. The molecule has 2 aliphatic rings. The molecule has 2 aromatic rings. The van der Waals surface area contributed by atoms with Crippen LogP contribution < -0.4 is 10.2 Å². The lowest BCUT2D eigenvalue weighted by molar-refractivity contribution is -0.137. The van der Waals surface area contributed by atoms with Gasteiger partial charge in [0.15, 0.2) is 11.6 Å². The van der Waals surface area contributed by atoms with Crippen LogP contribution in [0.4, 0.5) is 29.2 Å². The molecule has 192 valence electrons. The second-order valence-electron chi connectivity index (χ2n) is 9.45. The van der Waals surface area contributed by atoms with Crippen molar-refractivity contribution in [1.29, 1.82) is 0 Å². The lowest BCUT2D eigenvalue weighted by atomic mass is 9.82. The predicted molar refractivity (Wildman–Crippen MR) is 123 cm³/mol. The summed E-state index contributed by atoms with van der Waals surface area (Å²) in [4.78, 5) is 9.90. The number of sulfone groups is 1. The van der Waals surface area contributed by atoms with Gasteiger partial charge in [-0.1, -0.05) is 12.1 Å². The minimum atomic E-state index is -4.42. The number of nitrogens with zero attached hydrogens (tertiary/aromatic N) is 3. The topological polar surface area (TPSA) is 84.4 Å². The van der Waals surface area contributed by atoms with E-state index in [4.69, 9.17) is 4.74 Å². The Labute approximate surface area is 201 Å². The highest BCUT2D eigenvalue weighted by molar-refractivity contribution is 7.90. The molecule has 1 aromatic heterocycles. The summed E-state index contributed by atoms with van der Waals surface area (Å²) in [7, 11) is -3.27. The van der Waals surface area contributed by atoms with Gasteiger partial charge in [0.1, 0.15) is 16.2 Å². The van der Waals surface area contributed by atoms with Crippen molar-refractivity contribution in [1.82, 2.24) is 9.97 Å². The summed E-state index contributed by atoms with van der Waals surface area (Å²) in [5.41, 5.74) is -0.735. The average molecular weight is 517 g/mol. The first kappa shape index (κ1) is 25.6. The first-order valence-electron chi connectivity index (χ1n) is 11.4. The molecule has 2 fully saturated rings. The molecule has 1 aliphatic carbocycles. The fourth-order valence-electron chi connectivity index (χ4n) is 4.45. The Morgan fingerprint density at radius 1 is 1.14 bits per heavy atom. The van der Waals surface area contributed by atoms with Crippen molar-refractivity contribution in [2.45, 2.75) is 44.4 Å². The molecule has 1 aromatic carbocycles. The molecule has 0 amide bonds. The number of rotatable bonds is 9. The van der Waals surface area contributed by atoms with Crippen molar-refractivity contribution in [2.75, 3.05) is 42.0 Å². The highest BCUT2D eigenvalue weighted by atomic mass is 32.2. The van der Waals surface area contributed by atoms with E-state index in [-0.39, 0.29) is 36.5 Å². The first-order valence-corrected chi connectivity index (χ1v) is 13.4. The van der Waals surface area contributed by atoms with E-state index in [9.17, 15) is 21.6 Å². The van der Waals surface area contributed by atoms with Gasteiger partial charge < -0.3 is 15.0 Å². The van der Waals surface area contributed by atoms with Gasteiger partial charge >= 0.3 is 6.18 Å². The second kappa shape index (κ2) is 9.88. The number of anilines is 2. The second-order valence-corrected chi connectivity index (χ2v) is 11.6. The van der Waals surface area contributed by atoms with Crippen LogP contribution in [0.1, 0.15) is 36.8 Å². The Balaban J connectivity index is 1.53. The summed E-state index contributed by atoms with van der Waals surface area (Å²) in [6.07, 6.45) is 0.684. The van der Waals surface area contributed by atoms with Gasteiger partial charge in [-0.05, 0) is 43.4 Å². The molecule has 0 bridgehead atoms. The normalized spacial score (nSPS) is 18.3. The monoisotopic (exact) mass is 516 g/mol. The fraction of sp³-hybridized carbons (Fsp3) is 0.565. The molecular weight excluding hydrogens is 488 g/mol. The number of hydrogen-bond donors (Lipinski definition) is 1. The molecule has 1 N–H and O–H groups in total. The summed E-state index contributed by atoms with van der Waals surface area (Å²) >= 11 is 0. The largest absolute Gasteiger partial charge is 0.416 e. The Hall–Kier alpha value is -2.47. The van der Waals surface area contributed by atoms with E-state index >= 15 is 4.39 Å². The summed E-state index contributed by atoms with van der Waals surface area (Å²) < 4.78 is 83.6. The first-order chi connectivity index (χ1) is 16.5. The molecule has 2 heterocycles. The smallest absolute Gasteiger partial charge is 0.381 e. The van der Waals surface area contributed by atoms with E-state index in [1.54, 1.807) is 4.90 Å². The lowest BCUT2D eigenvalue weighted by Gasteiger charge is -2.36. The fourth-order valence-corrected chi connectivity index (χ4v) is 5.95. The van der Waals surface area contributed by atoms with Crippen LogP contribution in [0.15, 0.2) is 30.6 Å². The van der Waals surface area contributed by atoms with Crippen molar-refractivity contribution < 1.29 is 30.7 Å². The van der Waals surface area contributed by atoms with Crippen molar-refractivity contribution in [3.8, 4) is 0 Å². The molecule has 0 unspecified atom stereocenters. The van der Waals surface area contributed by atoms with Crippen molar-refractivity contribution in [3.63, 3.8) is 0 Å². The Morgan fingerprint density at radius 2 is 1.80 bits per heavy atom. The van der Waals surface area contributed by atoms with Crippen LogP contribution in [0.2, 0.25) is 0 Å². The standard InChI is InChI=1S/C23H28F4N4O3S/c1-35(32,33)14-22(8-10-34-11-9-22)13-28-20-19(24)21(30-15-29-20)31(18-6-7-18)12-16-2-4-17(5-3-16)23(25,26)27/h2-5,15,18H,6-14H2,1H3,(H,28,29,30). The van der Waals surface area contributed by atoms with E-state index in [0.717, 1.165) is 25.0 Å². The van der Waals surface area contributed by atoms with Gasteiger partial charge in [-0.15, -0.1) is 0 Å². The third kappa shape index (κ3) is 6.60. The van der Waals surface area contributed by atoms with Gasteiger partial charge in [0.05, 0.1) is 11.3 Å². The van der Waals surface area contributed by atoms with Crippen LogP contribution in [0.3, 0.4) is 0 Å². The van der Waals surface area contributed by atoms with Gasteiger partial charge in [0.25, 0.3) is 0 Å². The van der Waals surface area contributed by atoms with E-state index in [1.807, 2.05) is 0 Å². The Bertz CT molecular complexity index is 1130. The van der Waals surface area contributed by atoms with Gasteiger partial charge in [0.2, 0.25) is 5.82 Å². The molecule has 35 heavy (non-hydrogen) atoms. The van der Waals surface area contributed by atoms with Crippen LogP contribution in [0, 0.1) is 11.2 Å². The molecule has 1 saturated carbocycles. The number of alkyl halides is 3. The Kier molecular flexibility index (Phi) is 7.23. The number of halogens is 4. The summed E-state index contributed by atoms with van der Waals surface area (Å²) in [6.45, 7) is 1.26. The van der Waals surface area contributed by atoms with E-state index in [0.29, 0.717) is 31.6 Å². The van der Waals surface area contributed by atoms with Gasteiger partial charge in [0, 0.05) is 44.0 Å². The SMILES string of the molecule is CS(=O)(=O)CC1(CNc2ncnc(N(Cc3ccc(C(F)(F)F)cc3)C3CC3)c2F)CCOCC1. The molecule has 12 heteroatoms. The van der Waals surface area contributed by atoms with Crippen molar-refractivity contribution >= 4 is 21.5 Å². The van der Waals surface area contributed by atoms with Gasteiger partial charge in [-0.3, -0.25) is 0 Å². The van der Waals surface area contributed by atoms with E-state index < -0.39 is 32.8 Å². The number of benzene rings is 1. The van der Waals surface area contributed by atoms with Gasteiger partial charge in [-0.25, -0.2) is 18.4 Å². The molecule has 7 nitrogen and oxygen atoms in total. The zero-order valence-electron chi connectivity index (χ0n) is 19.3. The maximum Gasteiger partial charge on any atom is 0.416 e. The average Bonchev–Trinajstić information content (AvgIpc) is 3.62. The summed E-state index contributed by atoms with van der Waals surface area (Å²) in [6, 6.07) is 4.83. The highest BCUT2D eigenvalue weighted by Gasteiger charge is 2.37. The number of ether oxygens (including phenoxy) is 1. The molecule has 4 rings (SSSR count). The van der Waals surface area contributed by atoms with Crippen LogP contribution in [0.5, 0.6) is 0 Å². The number of hydrogen-bond acceptors (Lipinski definition) is 7. The molecular formula is C23H28F4N4O3S. The number of nitrogens with one attached hydrogen (secondary N) is 1. The maximum atomic E-state index is 15.5. The zero-order chi connectivity index (χ0) is 25.3. The highest BCUT2D eigenvalue weighted by Crippen LogP contribution is 2.37. The lowest BCUT2D eigenvalue weighted by Crippen LogP contribution is -2.41. The van der Waals surface area contributed by atoms with Crippen LogP contribution in [0.25, 0.3) is 0 Å². The van der Waals surface area contributed by atoms with E-state index in [2.05, 4.69) is 15.3 Å². The third-order valence-electron chi connectivity index (χ3n) is 6.42. The molecule has 0 radical (unpaired) electrons. The quantitative estimate of drug-likeness (QED) is 0.504. The third-order valence-corrected chi connectivity index (χ3v) is 7.55. The summed E-state index contributed by atoms with van der Waals surface area (Å²) in [5.74, 6) is -0.688. The van der Waals surface area contributed by atoms with E-state index in [1.165, 1.54) is 24.7 Å². The molecule has 0 atom stereocenters. The van der Waals surface area contributed by atoms with Gasteiger partial charge in [-0.2, -0.15) is 17.6 Å². The maximum absolute atomic E-state index is 15.5. The van der Waals surface area contributed by atoms with Crippen molar-refractivity contribution in [2.24, 2.45) is 5.41 Å². The van der Waals surface area contributed by atoms with Crippen LogP contribution in [-0.2, 0) is 27.3 Å². The Morgan fingerprint density at radius 3 is 2.37 bits per heavy atom. The van der Waals surface area contributed by atoms with Crippen LogP contribution in [-0.4, -0.2) is 56.2 Å². The summed E-state index contributed by atoms with van der Waals surface area (Å²) in [5, 5.41) is 2.99. The molecule has 1 saturated heterocycles. The minimum absolute atomic E-state index is 0.0293. The zero-order valence-corrected chi connectivity index (χ0v) is 20.1. The van der Waals surface area contributed by atoms with Crippen LogP contribution >= 0.6 is 0 Å².